The molecule has 0 bridgehead atoms. The first-order chi connectivity index (χ1) is 9.78. The SMILES string of the molecule is CCNC(C#N)(Cc1ccccc1)Cc1ccccc1. The summed E-state index contributed by atoms with van der Waals surface area (Å²) in [5, 5.41) is 13.1. The molecule has 0 aliphatic carbocycles. The van der Waals surface area contributed by atoms with Crippen molar-refractivity contribution in [2.45, 2.75) is 25.3 Å². The predicted molar refractivity (Wildman–Crippen MR) is 82.3 cm³/mol. The van der Waals surface area contributed by atoms with E-state index in [1.807, 2.05) is 43.3 Å². The second-order valence-electron chi connectivity index (χ2n) is 5.05. The van der Waals surface area contributed by atoms with Crippen molar-refractivity contribution >= 4 is 0 Å². The van der Waals surface area contributed by atoms with Crippen LogP contribution in [0.5, 0.6) is 0 Å². The highest BCUT2D eigenvalue weighted by atomic mass is 15.0. The fourth-order valence-corrected chi connectivity index (χ4v) is 2.53. The molecule has 0 aliphatic rings. The second-order valence-corrected chi connectivity index (χ2v) is 5.05. The maximum Gasteiger partial charge on any atom is 0.114 e. The first-order valence-electron chi connectivity index (χ1n) is 7.02. The molecule has 0 fully saturated rings. The highest BCUT2D eigenvalue weighted by Crippen LogP contribution is 2.19. The van der Waals surface area contributed by atoms with Crippen molar-refractivity contribution in [2.24, 2.45) is 0 Å². The Bertz CT molecular complexity index is 513. The monoisotopic (exact) mass is 264 g/mol. The Kier molecular flexibility index (Phi) is 4.92. The van der Waals surface area contributed by atoms with Gasteiger partial charge in [0.05, 0.1) is 6.07 Å². The second kappa shape index (κ2) is 6.88. The number of nitriles is 1. The van der Waals surface area contributed by atoms with E-state index in [0.29, 0.717) is 12.8 Å². The van der Waals surface area contributed by atoms with Gasteiger partial charge in [-0.2, -0.15) is 5.26 Å². The van der Waals surface area contributed by atoms with Gasteiger partial charge in [0.2, 0.25) is 0 Å². The van der Waals surface area contributed by atoms with Crippen LogP contribution >= 0.6 is 0 Å². The van der Waals surface area contributed by atoms with E-state index in [9.17, 15) is 5.26 Å². The topological polar surface area (TPSA) is 35.8 Å². The molecule has 20 heavy (non-hydrogen) atoms. The van der Waals surface area contributed by atoms with Gasteiger partial charge in [0.15, 0.2) is 0 Å². The summed E-state index contributed by atoms with van der Waals surface area (Å²) in [5.41, 5.74) is 1.83. The molecule has 0 radical (unpaired) electrons. The van der Waals surface area contributed by atoms with E-state index in [2.05, 4.69) is 35.7 Å². The number of rotatable bonds is 6. The zero-order valence-electron chi connectivity index (χ0n) is 11.8. The van der Waals surface area contributed by atoms with Gasteiger partial charge in [-0.05, 0) is 17.7 Å². The first-order valence-corrected chi connectivity index (χ1v) is 7.02. The maximum atomic E-state index is 9.72. The molecular formula is C18H20N2. The Morgan fingerprint density at radius 1 is 0.900 bits per heavy atom. The zero-order valence-corrected chi connectivity index (χ0v) is 11.8. The Morgan fingerprint density at radius 3 is 1.70 bits per heavy atom. The summed E-state index contributed by atoms with van der Waals surface area (Å²) < 4.78 is 0. The number of hydrogen-bond acceptors (Lipinski definition) is 2. The van der Waals surface area contributed by atoms with Crippen molar-refractivity contribution in [3.05, 3.63) is 71.8 Å². The lowest BCUT2D eigenvalue weighted by atomic mass is 9.86. The van der Waals surface area contributed by atoms with Crippen molar-refractivity contribution in [2.75, 3.05) is 6.54 Å². The minimum atomic E-state index is -0.544. The van der Waals surface area contributed by atoms with Gasteiger partial charge < -0.3 is 0 Å². The maximum absolute atomic E-state index is 9.72. The summed E-state index contributed by atoms with van der Waals surface area (Å²) in [6, 6.07) is 22.9. The summed E-state index contributed by atoms with van der Waals surface area (Å²) in [7, 11) is 0. The number of likely N-dealkylation sites (N-methyl/N-ethyl adjacent to an activating group) is 1. The molecule has 102 valence electrons. The normalized spacial score (nSPS) is 11.0. The van der Waals surface area contributed by atoms with Crippen LogP contribution in [0.3, 0.4) is 0 Å². The third kappa shape index (κ3) is 3.69. The van der Waals surface area contributed by atoms with Crippen LogP contribution < -0.4 is 5.32 Å². The summed E-state index contributed by atoms with van der Waals surface area (Å²) in [5.74, 6) is 0. The van der Waals surface area contributed by atoms with Crippen molar-refractivity contribution in [1.82, 2.24) is 5.32 Å². The van der Waals surface area contributed by atoms with Crippen molar-refractivity contribution in [3.63, 3.8) is 0 Å². The van der Waals surface area contributed by atoms with Crippen LogP contribution in [0.25, 0.3) is 0 Å². The van der Waals surface area contributed by atoms with Gasteiger partial charge in [-0.3, -0.25) is 5.32 Å². The molecule has 0 saturated heterocycles. The third-order valence-corrected chi connectivity index (χ3v) is 3.43. The summed E-state index contributed by atoms with van der Waals surface area (Å²) in [4.78, 5) is 0. The molecule has 2 heteroatoms. The average Bonchev–Trinajstić information content (AvgIpc) is 2.49. The number of benzene rings is 2. The predicted octanol–water partition coefficient (Wildman–Crippen LogP) is 3.34. The van der Waals surface area contributed by atoms with Crippen molar-refractivity contribution in [1.29, 1.82) is 5.26 Å². The first kappa shape index (κ1) is 14.3. The zero-order chi connectivity index (χ0) is 14.3. The smallest absolute Gasteiger partial charge is 0.114 e. The van der Waals surface area contributed by atoms with Gasteiger partial charge in [0, 0.05) is 12.8 Å². The van der Waals surface area contributed by atoms with Gasteiger partial charge in [0.1, 0.15) is 5.54 Å². The van der Waals surface area contributed by atoms with E-state index >= 15 is 0 Å². The van der Waals surface area contributed by atoms with E-state index in [4.69, 9.17) is 0 Å². The van der Waals surface area contributed by atoms with Crippen LogP contribution in [0, 0.1) is 11.3 Å². The Balaban J connectivity index is 2.23. The van der Waals surface area contributed by atoms with Crippen molar-refractivity contribution in [3.8, 4) is 6.07 Å². The number of hydrogen-bond donors (Lipinski definition) is 1. The lowest BCUT2D eigenvalue weighted by Crippen LogP contribution is -2.47. The van der Waals surface area contributed by atoms with E-state index in [1.165, 1.54) is 11.1 Å². The Labute approximate surface area is 121 Å². The van der Waals surface area contributed by atoms with Crippen LogP contribution in [0.2, 0.25) is 0 Å². The van der Waals surface area contributed by atoms with Gasteiger partial charge in [-0.15, -0.1) is 0 Å². The summed E-state index contributed by atoms with van der Waals surface area (Å²) in [6.45, 7) is 2.83. The van der Waals surface area contributed by atoms with Gasteiger partial charge >= 0.3 is 0 Å². The van der Waals surface area contributed by atoms with Crippen LogP contribution in [0.15, 0.2) is 60.7 Å². The van der Waals surface area contributed by atoms with E-state index in [1.54, 1.807) is 0 Å². The Morgan fingerprint density at radius 2 is 1.35 bits per heavy atom. The molecule has 2 nitrogen and oxygen atoms in total. The molecule has 0 unspecified atom stereocenters. The fraction of sp³-hybridized carbons (Fsp3) is 0.278. The van der Waals surface area contributed by atoms with E-state index in [-0.39, 0.29) is 0 Å². The molecule has 0 heterocycles. The molecule has 0 spiro atoms. The van der Waals surface area contributed by atoms with Crippen LogP contribution in [0.1, 0.15) is 18.1 Å². The standard InChI is InChI=1S/C18H20N2/c1-2-20-18(15-19,13-16-9-5-3-6-10-16)14-17-11-7-4-8-12-17/h3-12,20H,2,13-14H2,1H3. The summed E-state index contributed by atoms with van der Waals surface area (Å²) in [6.07, 6.45) is 1.43. The quantitative estimate of drug-likeness (QED) is 0.868. The molecule has 0 saturated carbocycles. The van der Waals surface area contributed by atoms with Gasteiger partial charge in [-0.1, -0.05) is 67.6 Å². The molecule has 0 amide bonds. The Hall–Kier alpha value is -2.11. The molecule has 0 atom stereocenters. The van der Waals surface area contributed by atoms with Crippen molar-refractivity contribution < 1.29 is 0 Å². The highest BCUT2D eigenvalue weighted by molar-refractivity contribution is 5.27. The molecule has 2 rings (SSSR count). The van der Waals surface area contributed by atoms with Crippen LogP contribution in [0.4, 0.5) is 0 Å². The third-order valence-electron chi connectivity index (χ3n) is 3.43. The van der Waals surface area contributed by atoms with Gasteiger partial charge in [0.25, 0.3) is 0 Å². The minimum absolute atomic E-state index is 0.544. The lowest BCUT2D eigenvalue weighted by molar-refractivity contribution is 0.417. The van der Waals surface area contributed by atoms with E-state index in [0.717, 1.165) is 6.54 Å². The lowest BCUT2D eigenvalue weighted by Gasteiger charge is -2.28. The highest BCUT2D eigenvalue weighted by Gasteiger charge is 2.29. The van der Waals surface area contributed by atoms with Crippen LogP contribution in [-0.4, -0.2) is 12.1 Å². The molecular weight excluding hydrogens is 244 g/mol. The molecule has 0 aliphatic heterocycles. The molecule has 0 aromatic heterocycles. The molecule has 2 aromatic carbocycles. The number of nitrogens with one attached hydrogen (secondary N) is 1. The largest absolute Gasteiger partial charge is 0.299 e. The van der Waals surface area contributed by atoms with Crippen LogP contribution in [-0.2, 0) is 12.8 Å². The van der Waals surface area contributed by atoms with E-state index < -0.39 is 5.54 Å². The number of nitrogens with zero attached hydrogens (tertiary/aromatic N) is 1. The molecule has 1 N–H and O–H groups in total. The van der Waals surface area contributed by atoms with Gasteiger partial charge in [-0.25, -0.2) is 0 Å². The average molecular weight is 264 g/mol. The fourth-order valence-electron chi connectivity index (χ4n) is 2.53. The summed E-state index contributed by atoms with van der Waals surface area (Å²) >= 11 is 0. The molecule has 2 aromatic rings. The minimum Gasteiger partial charge on any atom is -0.299 e.